The zero-order valence-electron chi connectivity index (χ0n) is 11.6. The van der Waals surface area contributed by atoms with Gasteiger partial charge in [0.05, 0.1) is 18.7 Å². The molecule has 0 bridgehead atoms. The summed E-state index contributed by atoms with van der Waals surface area (Å²) < 4.78 is 5.40. The molecule has 0 amide bonds. The highest BCUT2D eigenvalue weighted by atomic mass is 35.5. The average Bonchev–Trinajstić information content (AvgIpc) is 2.53. The van der Waals surface area contributed by atoms with E-state index in [0.717, 1.165) is 22.0 Å². The Morgan fingerprint density at radius 2 is 1.90 bits per heavy atom. The molecule has 0 aliphatic carbocycles. The SMILES string of the molecule is COc1cc(Cl)ccc1C(N)c1cccc2cccnc12. The van der Waals surface area contributed by atoms with Gasteiger partial charge in [-0.3, -0.25) is 4.98 Å². The van der Waals surface area contributed by atoms with Crippen LogP contribution in [0.25, 0.3) is 10.9 Å². The fraction of sp³-hybridized carbons (Fsp3) is 0.118. The summed E-state index contributed by atoms with van der Waals surface area (Å²) in [6.45, 7) is 0. The molecule has 2 N–H and O–H groups in total. The summed E-state index contributed by atoms with van der Waals surface area (Å²) >= 11 is 6.01. The lowest BCUT2D eigenvalue weighted by Crippen LogP contribution is -2.14. The molecule has 1 atom stereocenters. The second-order valence-corrected chi connectivity index (χ2v) is 5.22. The number of fused-ring (bicyclic) bond motifs is 1. The number of aromatic nitrogens is 1. The normalized spacial score (nSPS) is 12.3. The number of rotatable bonds is 3. The smallest absolute Gasteiger partial charge is 0.125 e. The van der Waals surface area contributed by atoms with Gasteiger partial charge in [-0.1, -0.05) is 41.9 Å². The molecule has 0 spiro atoms. The summed E-state index contributed by atoms with van der Waals surface area (Å²) in [6, 6.07) is 15.1. The number of methoxy groups -OCH3 is 1. The van der Waals surface area contributed by atoms with Crippen LogP contribution < -0.4 is 10.5 Å². The number of hydrogen-bond donors (Lipinski definition) is 1. The lowest BCUT2D eigenvalue weighted by atomic mass is 9.96. The molecule has 0 fully saturated rings. The minimum absolute atomic E-state index is 0.323. The van der Waals surface area contributed by atoms with Crippen LogP contribution in [0.3, 0.4) is 0 Å². The number of halogens is 1. The molecule has 0 aliphatic rings. The summed E-state index contributed by atoms with van der Waals surface area (Å²) in [7, 11) is 1.61. The van der Waals surface area contributed by atoms with Gasteiger partial charge in [0.25, 0.3) is 0 Å². The van der Waals surface area contributed by atoms with E-state index in [4.69, 9.17) is 22.1 Å². The number of pyridine rings is 1. The highest BCUT2D eigenvalue weighted by Crippen LogP contribution is 2.33. The lowest BCUT2D eigenvalue weighted by molar-refractivity contribution is 0.408. The summed E-state index contributed by atoms with van der Waals surface area (Å²) in [5.41, 5.74) is 9.21. The highest BCUT2D eigenvalue weighted by Gasteiger charge is 2.17. The van der Waals surface area contributed by atoms with E-state index in [1.165, 1.54) is 0 Å². The second kappa shape index (κ2) is 5.72. The standard InChI is InChI=1S/C17H15ClN2O/c1-21-15-10-12(18)7-8-13(15)16(19)14-6-2-4-11-5-3-9-20-17(11)14/h2-10,16H,19H2,1H3. The number of hydrogen-bond acceptors (Lipinski definition) is 3. The van der Waals surface area contributed by atoms with Crippen molar-refractivity contribution in [1.29, 1.82) is 0 Å². The molecule has 21 heavy (non-hydrogen) atoms. The van der Waals surface area contributed by atoms with Gasteiger partial charge in [0.15, 0.2) is 0 Å². The number of para-hydroxylation sites is 1. The molecule has 1 aromatic heterocycles. The zero-order chi connectivity index (χ0) is 14.8. The van der Waals surface area contributed by atoms with Crippen molar-refractivity contribution in [1.82, 2.24) is 4.98 Å². The van der Waals surface area contributed by atoms with Gasteiger partial charge in [-0.25, -0.2) is 0 Å². The van der Waals surface area contributed by atoms with Gasteiger partial charge >= 0.3 is 0 Å². The maximum atomic E-state index is 6.45. The summed E-state index contributed by atoms with van der Waals surface area (Å²) in [6.07, 6.45) is 1.78. The van der Waals surface area contributed by atoms with E-state index in [-0.39, 0.29) is 6.04 Å². The third kappa shape index (κ3) is 2.58. The van der Waals surface area contributed by atoms with Gasteiger partial charge in [0, 0.05) is 22.2 Å². The first kappa shape index (κ1) is 13.9. The highest BCUT2D eigenvalue weighted by molar-refractivity contribution is 6.30. The fourth-order valence-electron chi connectivity index (χ4n) is 2.49. The van der Waals surface area contributed by atoms with Gasteiger partial charge in [0.1, 0.15) is 5.75 Å². The Hall–Kier alpha value is -2.10. The Kier molecular flexibility index (Phi) is 3.78. The van der Waals surface area contributed by atoms with Crippen molar-refractivity contribution >= 4 is 22.5 Å². The number of nitrogens with two attached hydrogens (primary N) is 1. The molecule has 106 valence electrons. The third-order valence-corrected chi connectivity index (χ3v) is 3.76. The van der Waals surface area contributed by atoms with Gasteiger partial charge in [-0.15, -0.1) is 0 Å². The minimum atomic E-state index is -0.323. The quantitative estimate of drug-likeness (QED) is 0.796. The molecular formula is C17H15ClN2O. The van der Waals surface area contributed by atoms with Crippen molar-refractivity contribution in [3.8, 4) is 5.75 Å². The van der Waals surface area contributed by atoms with Crippen LogP contribution in [-0.4, -0.2) is 12.1 Å². The first-order valence-electron chi connectivity index (χ1n) is 6.63. The van der Waals surface area contributed by atoms with Crippen LogP contribution in [0.2, 0.25) is 5.02 Å². The number of ether oxygens (including phenoxy) is 1. The van der Waals surface area contributed by atoms with Crippen LogP contribution in [0.15, 0.2) is 54.7 Å². The van der Waals surface area contributed by atoms with E-state index >= 15 is 0 Å². The predicted octanol–water partition coefficient (Wildman–Crippen LogP) is 3.94. The Bertz CT molecular complexity index is 783. The monoisotopic (exact) mass is 298 g/mol. The van der Waals surface area contributed by atoms with E-state index in [0.29, 0.717) is 10.8 Å². The molecule has 0 radical (unpaired) electrons. The van der Waals surface area contributed by atoms with Crippen LogP contribution in [0.1, 0.15) is 17.2 Å². The van der Waals surface area contributed by atoms with Gasteiger partial charge in [-0.05, 0) is 23.8 Å². The van der Waals surface area contributed by atoms with Crippen LogP contribution in [0.4, 0.5) is 0 Å². The topological polar surface area (TPSA) is 48.1 Å². The molecule has 3 rings (SSSR count). The molecule has 3 aromatic rings. The van der Waals surface area contributed by atoms with Gasteiger partial charge < -0.3 is 10.5 Å². The fourth-order valence-corrected chi connectivity index (χ4v) is 2.65. The van der Waals surface area contributed by atoms with E-state index in [2.05, 4.69) is 4.98 Å². The van der Waals surface area contributed by atoms with Crippen molar-refractivity contribution in [2.75, 3.05) is 7.11 Å². The predicted molar refractivity (Wildman–Crippen MR) is 85.8 cm³/mol. The Morgan fingerprint density at radius 1 is 1.10 bits per heavy atom. The van der Waals surface area contributed by atoms with Crippen LogP contribution in [-0.2, 0) is 0 Å². The van der Waals surface area contributed by atoms with E-state index in [1.54, 1.807) is 19.4 Å². The average molecular weight is 299 g/mol. The van der Waals surface area contributed by atoms with Crippen molar-refractivity contribution in [2.24, 2.45) is 5.73 Å². The molecule has 1 heterocycles. The molecule has 0 saturated carbocycles. The van der Waals surface area contributed by atoms with Gasteiger partial charge in [-0.2, -0.15) is 0 Å². The molecular weight excluding hydrogens is 284 g/mol. The van der Waals surface area contributed by atoms with Crippen molar-refractivity contribution in [3.63, 3.8) is 0 Å². The Labute approximate surface area is 128 Å². The largest absolute Gasteiger partial charge is 0.496 e. The molecule has 4 heteroatoms. The molecule has 0 aliphatic heterocycles. The Morgan fingerprint density at radius 3 is 2.71 bits per heavy atom. The van der Waals surface area contributed by atoms with Crippen LogP contribution >= 0.6 is 11.6 Å². The minimum Gasteiger partial charge on any atom is -0.496 e. The van der Waals surface area contributed by atoms with Crippen LogP contribution in [0.5, 0.6) is 5.75 Å². The number of benzene rings is 2. The van der Waals surface area contributed by atoms with Crippen molar-refractivity contribution in [2.45, 2.75) is 6.04 Å². The van der Waals surface area contributed by atoms with Gasteiger partial charge in [0.2, 0.25) is 0 Å². The molecule has 1 unspecified atom stereocenters. The lowest BCUT2D eigenvalue weighted by Gasteiger charge is -2.17. The summed E-state index contributed by atoms with van der Waals surface area (Å²) in [4.78, 5) is 4.45. The second-order valence-electron chi connectivity index (χ2n) is 4.79. The maximum absolute atomic E-state index is 6.45. The molecule has 2 aromatic carbocycles. The first-order chi connectivity index (χ1) is 10.2. The first-order valence-corrected chi connectivity index (χ1v) is 7.01. The van der Waals surface area contributed by atoms with Crippen molar-refractivity contribution in [3.05, 3.63) is 70.9 Å². The van der Waals surface area contributed by atoms with E-state index < -0.39 is 0 Å². The van der Waals surface area contributed by atoms with E-state index in [9.17, 15) is 0 Å². The maximum Gasteiger partial charge on any atom is 0.125 e. The summed E-state index contributed by atoms with van der Waals surface area (Å²) in [5, 5.41) is 1.69. The molecule has 3 nitrogen and oxygen atoms in total. The molecule has 0 saturated heterocycles. The van der Waals surface area contributed by atoms with E-state index in [1.807, 2.05) is 42.5 Å². The zero-order valence-corrected chi connectivity index (χ0v) is 12.3. The van der Waals surface area contributed by atoms with Crippen molar-refractivity contribution < 1.29 is 4.74 Å². The summed E-state index contributed by atoms with van der Waals surface area (Å²) in [5.74, 6) is 0.683. The van der Waals surface area contributed by atoms with Crippen LogP contribution in [0, 0.1) is 0 Å². The third-order valence-electron chi connectivity index (χ3n) is 3.53. The Balaban J connectivity index is 2.15. The number of nitrogens with zero attached hydrogens (tertiary/aromatic N) is 1.